The molecule has 0 radical (unpaired) electrons. The second-order valence-corrected chi connectivity index (χ2v) is 3.78. The first kappa shape index (κ1) is 9.13. The van der Waals surface area contributed by atoms with Crippen molar-refractivity contribution in [1.29, 1.82) is 0 Å². The van der Waals surface area contributed by atoms with E-state index in [1.165, 1.54) is 5.57 Å². The van der Waals surface area contributed by atoms with Gasteiger partial charge >= 0.3 is 0 Å². The number of Topliss-reactive ketones (excluding diaryl/α,β-unsaturated/α-hetero) is 1. The maximum Gasteiger partial charge on any atom is 0.167 e. The number of hydrogen-bond donors (Lipinski definition) is 0. The summed E-state index contributed by atoms with van der Waals surface area (Å²) in [5.74, 6) is 0.206. The topological polar surface area (TPSA) is 30.0 Å². The number of pyridine rings is 1. The highest BCUT2D eigenvalue weighted by atomic mass is 16.1. The van der Waals surface area contributed by atoms with Gasteiger partial charge in [0.15, 0.2) is 5.78 Å². The molecule has 2 rings (SSSR count). The molecule has 1 aromatic rings. The summed E-state index contributed by atoms with van der Waals surface area (Å²) in [5, 5.41) is 0. The van der Waals surface area contributed by atoms with Crippen LogP contribution in [0.4, 0.5) is 0 Å². The lowest BCUT2D eigenvalue weighted by atomic mass is 9.99. The highest BCUT2D eigenvalue weighted by Gasteiger charge is 2.30. The number of carbonyl (C=O) groups is 1. The van der Waals surface area contributed by atoms with Crippen molar-refractivity contribution in [1.82, 2.24) is 4.98 Å². The van der Waals surface area contributed by atoms with Crippen molar-refractivity contribution in [2.75, 3.05) is 0 Å². The predicted octanol–water partition coefficient (Wildman–Crippen LogP) is 2.47. The van der Waals surface area contributed by atoms with Gasteiger partial charge < -0.3 is 0 Å². The number of nitrogens with zero attached hydrogens (tertiary/aromatic N) is 1. The summed E-state index contributed by atoms with van der Waals surface area (Å²) in [6, 6.07) is 5.73. The fourth-order valence-electron chi connectivity index (χ4n) is 1.84. The second kappa shape index (κ2) is 3.37. The van der Waals surface area contributed by atoms with Crippen LogP contribution < -0.4 is 0 Å². The molecule has 0 aliphatic heterocycles. The zero-order valence-corrected chi connectivity index (χ0v) is 8.45. The number of hydrogen-bond acceptors (Lipinski definition) is 2. The molecule has 0 aromatic carbocycles. The van der Waals surface area contributed by atoms with E-state index in [9.17, 15) is 4.79 Å². The molecule has 0 spiro atoms. The minimum absolute atomic E-state index is 0.0313. The van der Waals surface area contributed by atoms with E-state index in [-0.39, 0.29) is 11.7 Å². The average molecular weight is 187 g/mol. The predicted molar refractivity (Wildman–Crippen MR) is 55.0 cm³/mol. The van der Waals surface area contributed by atoms with E-state index in [2.05, 4.69) is 4.98 Å². The first-order chi connectivity index (χ1) is 6.70. The van der Waals surface area contributed by atoms with Crippen molar-refractivity contribution in [2.45, 2.75) is 26.2 Å². The molecule has 0 saturated heterocycles. The van der Waals surface area contributed by atoms with Crippen LogP contribution in [-0.2, 0) is 4.79 Å². The Bertz CT molecular complexity index is 392. The maximum absolute atomic E-state index is 11.8. The number of allylic oxidation sites excluding steroid dienone is 2. The number of carbonyl (C=O) groups excluding carboxylic acids is 1. The molecule has 72 valence electrons. The third-order valence-electron chi connectivity index (χ3n) is 2.88. The Hall–Kier alpha value is -1.44. The van der Waals surface area contributed by atoms with Crippen LogP contribution in [0.3, 0.4) is 0 Å². The molecule has 1 unspecified atom stereocenters. The summed E-state index contributed by atoms with van der Waals surface area (Å²) in [6.45, 7) is 3.93. The molecule has 1 heterocycles. The van der Waals surface area contributed by atoms with Crippen molar-refractivity contribution >= 4 is 5.78 Å². The molecule has 1 aliphatic rings. The summed E-state index contributed by atoms with van der Waals surface area (Å²) in [5.41, 5.74) is 3.01. The van der Waals surface area contributed by atoms with Crippen molar-refractivity contribution in [2.24, 2.45) is 0 Å². The van der Waals surface area contributed by atoms with Gasteiger partial charge in [0.25, 0.3) is 0 Å². The summed E-state index contributed by atoms with van der Waals surface area (Å²) >= 11 is 0. The van der Waals surface area contributed by atoms with Crippen LogP contribution in [0, 0.1) is 0 Å². The summed E-state index contributed by atoms with van der Waals surface area (Å²) in [7, 11) is 0. The molecule has 1 aromatic heterocycles. The van der Waals surface area contributed by atoms with Crippen molar-refractivity contribution in [3.05, 3.63) is 41.2 Å². The smallest absolute Gasteiger partial charge is 0.167 e. The quantitative estimate of drug-likeness (QED) is 0.676. The summed E-state index contributed by atoms with van der Waals surface area (Å²) in [6.07, 6.45) is 2.58. The van der Waals surface area contributed by atoms with E-state index in [0.717, 1.165) is 17.7 Å². The van der Waals surface area contributed by atoms with Gasteiger partial charge in [0.2, 0.25) is 0 Å². The Kier molecular flexibility index (Phi) is 2.20. The zero-order valence-electron chi connectivity index (χ0n) is 8.45. The zero-order chi connectivity index (χ0) is 10.1. The van der Waals surface area contributed by atoms with Gasteiger partial charge in [-0.2, -0.15) is 0 Å². The van der Waals surface area contributed by atoms with Crippen LogP contribution in [-0.4, -0.2) is 10.8 Å². The van der Waals surface area contributed by atoms with Crippen molar-refractivity contribution in [3.63, 3.8) is 0 Å². The molecule has 14 heavy (non-hydrogen) atoms. The second-order valence-electron chi connectivity index (χ2n) is 3.78. The highest BCUT2D eigenvalue weighted by Crippen LogP contribution is 2.33. The van der Waals surface area contributed by atoms with Gasteiger partial charge in [-0.1, -0.05) is 11.6 Å². The van der Waals surface area contributed by atoms with Gasteiger partial charge in [-0.15, -0.1) is 0 Å². The third kappa shape index (κ3) is 1.37. The molecule has 0 N–H and O–H groups in total. The molecule has 0 saturated carbocycles. The Labute approximate surface area is 83.7 Å². The SMILES string of the molecule is CC1=C(C)C(=O)C(c2ccccn2)C1. The van der Waals surface area contributed by atoms with Crippen LogP contribution in [0.1, 0.15) is 31.9 Å². The number of ketones is 1. The van der Waals surface area contributed by atoms with Gasteiger partial charge in [0, 0.05) is 6.20 Å². The molecular weight excluding hydrogens is 174 g/mol. The fraction of sp³-hybridized carbons (Fsp3) is 0.333. The van der Waals surface area contributed by atoms with Crippen molar-refractivity contribution < 1.29 is 4.79 Å². The fourth-order valence-corrected chi connectivity index (χ4v) is 1.84. The van der Waals surface area contributed by atoms with Gasteiger partial charge in [0.05, 0.1) is 11.6 Å². The van der Waals surface area contributed by atoms with Crippen LogP contribution in [0.25, 0.3) is 0 Å². The van der Waals surface area contributed by atoms with Gasteiger partial charge in [-0.05, 0) is 38.0 Å². The maximum atomic E-state index is 11.8. The molecule has 0 bridgehead atoms. The minimum atomic E-state index is -0.0313. The molecular formula is C12H13NO. The molecule has 0 amide bonds. The molecule has 2 heteroatoms. The molecule has 0 fully saturated rings. The molecule has 1 aliphatic carbocycles. The normalized spacial score (nSPS) is 21.9. The van der Waals surface area contributed by atoms with E-state index in [4.69, 9.17) is 0 Å². The van der Waals surface area contributed by atoms with Crippen LogP contribution in [0.15, 0.2) is 35.5 Å². The molecule has 2 nitrogen and oxygen atoms in total. The van der Waals surface area contributed by atoms with Crippen LogP contribution in [0.2, 0.25) is 0 Å². The van der Waals surface area contributed by atoms with Gasteiger partial charge in [0.1, 0.15) is 0 Å². The van der Waals surface area contributed by atoms with E-state index in [1.807, 2.05) is 32.0 Å². The lowest BCUT2D eigenvalue weighted by Gasteiger charge is -2.06. The Balaban J connectivity index is 2.30. The first-order valence-corrected chi connectivity index (χ1v) is 4.81. The standard InChI is InChI=1S/C12H13NO/c1-8-7-10(12(14)9(8)2)11-5-3-4-6-13-11/h3-6,10H,7H2,1-2H3. The minimum Gasteiger partial charge on any atom is -0.294 e. The largest absolute Gasteiger partial charge is 0.294 e. The van der Waals surface area contributed by atoms with Gasteiger partial charge in [-0.3, -0.25) is 9.78 Å². The van der Waals surface area contributed by atoms with Crippen LogP contribution in [0.5, 0.6) is 0 Å². The highest BCUT2D eigenvalue weighted by molar-refractivity contribution is 6.02. The Morgan fingerprint density at radius 3 is 2.64 bits per heavy atom. The van der Waals surface area contributed by atoms with E-state index < -0.39 is 0 Å². The van der Waals surface area contributed by atoms with Crippen molar-refractivity contribution in [3.8, 4) is 0 Å². The van der Waals surface area contributed by atoms with E-state index in [1.54, 1.807) is 6.20 Å². The van der Waals surface area contributed by atoms with E-state index >= 15 is 0 Å². The van der Waals surface area contributed by atoms with E-state index in [0.29, 0.717) is 0 Å². The lowest BCUT2D eigenvalue weighted by Crippen LogP contribution is -2.08. The lowest BCUT2D eigenvalue weighted by molar-refractivity contribution is -0.116. The Morgan fingerprint density at radius 2 is 2.14 bits per heavy atom. The first-order valence-electron chi connectivity index (χ1n) is 4.81. The monoisotopic (exact) mass is 187 g/mol. The number of rotatable bonds is 1. The summed E-state index contributed by atoms with van der Waals surface area (Å²) < 4.78 is 0. The van der Waals surface area contributed by atoms with Gasteiger partial charge in [-0.25, -0.2) is 0 Å². The van der Waals surface area contributed by atoms with Crippen LogP contribution >= 0.6 is 0 Å². The Morgan fingerprint density at radius 1 is 1.36 bits per heavy atom. The average Bonchev–Trinajstić information content (AvgIpc) is 2.47. The number of aromatic nitrogens is 1. The summed E-state index contributed by atoms with van der Waals surface area (Å²) in [4.78, 5) is 16.1. The molecule has 1 atom stereocenters. The third-order valence-corrected chi connectivity index (χ3v) is 2.88.